The monoisotopic (exact) mass is 106 g/mol. The molecule has 0 saturated heterocycles. The van der Waals surface area contributed by atoms with Crippen LogP contribution in [0.2, 0.25) is 5.28 Å². The standard InChI is InChI=1S/C3H7.Al.2H2O/c1-3-2;;;/h1,3H2,2H3;;2*1H2. The van der Waals surface area contributed by atoms with E-state index in [2.05, 4.69) is 23.2 Å². The molecule has 0 aliphatic heterocycles. The van der Waals surface area contributed by atoms with E-state index in [1.54, 1.807) is 0 Å². The van der Waals surface area contributed by atoms with E-state index < -0.39 is 0 Å². The molecule has 3 heteroatoms. The van der Waals surface area contributed by atoms with Crippen LogP contribution in [0.5, 0.6) is 0 Å². The largest absolute Gasteiger partial charge is 0.412 e. The highest BCUT2D eigenvalue weighted by Crippen LogP contribution is 1.73. The molecular weight excluding hydrogens is 95.0 g/mol. The third-order valence-electron chi connectivity index (χ3n) is 0.289. The molecule has 2 radical (unpaired) electrons. The summed E-state index contributed by atoms with van der Waals surface area (Å²) >= 11 is 2.66. The summed E-state index contributed by atoms with van der Waals surface area (Å²) < 4.78 is 0. The van der Waals surface area contributed by atoms with Crippen molar-refractivity contribution in [3.63, 3.8) is 0 Å². The molecule has 0 aromatic carbocycles. The van der Waals surface area contributed by atoms with Crippen molar-refractivity contribution in [1.29, 1.82) is 0 Å². The Balaban J connectivity index is -0.0000000450. The van der Waals surface area contributed by atoms with Crippen LogP contribution < -0.4 is 0 Å². The summed E-state index contributed by atoms with van der Waals surface area (Å²) in [5.74, 6) is 0. The minimum absolute atomic E-state index is 0. The molecule has 0 amide bonds. The van der Waals surface area contributed by atoms with Crippen LogP contribution in [0, 0.1) is 0 Å². The van der Waals surface area contributed by atoms with E-state index in [1.165, 1.54) is 11.7 Å². The zero-order valence-electron chi connectivity index (χ0n) is 3.99. The van der Waals surface area contributed by atoms with Gasteiger partial charge >= 0.3 is 0 Å². The molecule has 0 fully saturated rings. The molecule has 0 aliphatic carbocycles. The Hall–Kier alpha value is 0.452. The van der Waals surface area contributed by atoms with Crippen LogP contribution in [0.1, 0.15) is 13.3 Å². The predicted molar refractivity (Wildman–Crippen MR) is 28.1 cm³/mol. The SMILES string of the molecule is CC[CH2][Al].O.O. The van der Waals surface area contributed by atoms with Crippen LogP contribution in [0.15, 0.2) is 0 Å². The van der Waals surface area contributed by atoms with Gasteiger partial charge in [0.25, 0.3) is 0 Å². The first-order chi connectivity index (χ1) is 1.91. The Morgan fingerprint density at radius 2 is 1.50 bits per heavy atom. The van der Waals surface area contributed by atoms with Gasteiger partial charge in [0, 0.05) is 0 Å². The summed E-state index contributed by atoms with van der Waals surface area (Å²) in [7, 11) is 0. The van der Waals surface area contributed by atoms with Gasteiger partial charge in [-0.05, 0) is 0 Å². The van der Waals surface area contributed by atoms with E-state index in [1.807, 2.05) is 0 Å². The van der Waals surface area contributed by atoms with Crippen LogP contribution >= 0.6 is 0 Å². The quantitative estimate of drug-likeness (QED) is 0.398. The van der Waals surface area contributed by atoms with Crippen LogP contribution in [-0.2, 0) is 0 Å². The second kappa shape index (κ2) is 18.0. The highest BCUT2D eigenvalue weighted by Gasteiger charge is 1.56. The average molecular weight is 106 g/mol. The second-order valence-electron chi connectivity index (χ2n) is 0.789. The fraction of sp³-hybridized carbons (Fsp3) is 1.00. The van der Waals surface area contributed by atoms with Crippen LogP contribution in [0.4, 0.5) is 0 Å². The van der Waals surface area contributed by atoms with Gasteiger partial charge in [0.1, 0.15) is 16.3 Å². The van der Waals surface area contributed by atoms with Gasteiger partial charge in [-0.3, -0.25) is 0 Å². The summed E-state index contributed by atoms with van der Waals surface area (Å²) in [6.45, 7) is 2.16. The molecular formula is C3H11AlO2. The number of hydrogen-bond acceptors (Lipinski definition) is 0. The Morgan fingerprint density at radius 1 is 1.33 bits per heavy atom. The zero-order chi connectivity index (χ0) is 3.41. The molecule has 38 valence electrons. The van der Waals surface area contributed by atoms with Crippen molar-refractivity contribution in [2.24, 2.45) is 0 Å². The summed E-state index contributed by atoms with van der Waals surface area (Å²) in [6.07, 6.45) is 1.28. The van der Waals surface area contributed by atoms with Crippen molar-refractivity contribution in [2.45, 2.75) is 18.6 Å². The normalized spacial score (nSPS) is 4.83. The van der Waals surface area contributed by atoms with Gasteiger partial charge in [0.2, 0.25) is 0 Å². The number of hydrogen-bond donors (Lipinski definition) is 0. The molecule has 6 heavy (non-hydrogen) atoms. The maximum atomic E-state index is 2.66. The van der Waals surface area contributed by atoms with Crippen LogP contribution in [0.3, 0.4) is 0 Å². The molecule has 4 N–H and O–H groups in total. The van der Waals surface area contributed by atoms with Crippen molar-refractivity contribution >= 4 is 16.3 Å². The molecule has 0 bridgehead atoms. The molecule has 0 heterocycles. The van der Waals surface area contributed by atoms with Crippen molar-refractivity contribution < 1.29 is 11.0 Å². The molecule has 0 spiro atoms. The Morgan fingerprint density at radius 3 is 1.50 bits per heavy atom. The molecule has 0 aliphatic rings. The molecule has 0 unspecified atom stereocenters. The maximum absolute atomic E-state index is 2.66. The van der Waals surface area contributed by atoms with Crippen LogP contribution in [-0.4, -0.2) is 27.2 Å². The smallest absolute Gasteiger partial charge is 0.118 e. The van der Waals surface area contributed by atoms with Gasteiger partial charge in [-0.2, -0.15) is 0 Å². The van der Waals surface area contributed by atoms with E-state index >= 15 is 0 Å². The van der Waals surface area contributed by atoms with Crippen molar-refractivity contribution in [2.75, 3.05) is 0 Å². The Kier molecular flexibility index (Phi) is 48.2. The Bertz CT molecular complexity index is 10.8. The van der Waals surface area contributed by atoms with Gasteiger partial charge in [0.15, 0.2) is 0 Å². The summed E-state index contributed by atoms with van der Waals surface area (Å²) in [5, 5.41) is 1.24. The lowest BCUT2D eigenvalue weighted by Gasteiger charge is -1.68. The molecule has 0 saturated carbocycles. The van der Waals surface area contributed by atoms with Crippen molar-refractivity contribution in [3.05, 3.63) is 0 Å². The van der Waals surface area contributed by atoms with Gasteiger partial charge in [-0.1, -0.05) is 13.3 Å². The van der Waals surface area contributed by atoms with E-state index in [9.17, 15) is 0 Å². The second-order valence-corrected chi connectivity index (χ2v) is 1.37. The van der Waals surface area contributed by atoms with Crippen LogP contribution in [0.25, 0.3) is 0 Å². The highest BCUT2D eigenvalue weighted by molar-refractivity contribution is 6.08. The Labute approximate surface area is 46.6 Å². The minimum Gasteiger partial charge on any atom is -0.412 e. The first-order valence-corrected chi connectivity index (χ1v) is 2.43. The molecule has 0 atom stereocenters. The third kappa shape index (κ3) is 25.2. The summed E-state index contributed by atoms with van der Waals surface area (Å²) in [6, 6.07) is 0. The third-order valence-corrected chi connectivity index (χ3v) is 0.866. The predicted octanol–water partition coefficient (Wildman–Crippen LogP) is -0.666. The van der Waals surface area contributed by atoms with E-state index in [4.69, 9.17) is 0 Å². The zero-order valence-corrected chi connectivity index (χ0v) is 5.15. The number of rotatable bonds is 1. The topological polar surface area (TPSA) is 63.0 Å². The molecule has 0 aromatic rings. The summed E-state index contributed by atoms with van der Waals surface area (Å²) in [4.78, 5) is 0. The van der Waals surface area contributed by atoms with Crippen molar-refractivity contribution in [3.8, 4) is 0 Å². The van der Waals surface area contributed by atoms with E-state index in [0.717, 1.165) is 0 Å². The molecule has 0 rings (SSSR count). The molecule has 2 nitrogen and oxygen atoms in total. The first kappa shape index (κ1) is 16.1. The lowest BCUT2D eigenvalue weighted by molar-refractivity contribution is 0.823. The van der Waals surface area contributed by atoms with Gasteiger partial charge < -0.3 is 11.0 Å². The van der Waals surface area contributed by atoms with E-state index in [0.29, 0.717) is 0 Å². The van der Waals surface area contributed by atoms with Crippen molar-refractivity contribution in [1.82, 2.24) is 0 Å². The highest BCUT2D eigenvalue weighted by atomic mass is 27.0. The fourth-order valence-electron chi connectivity index (χ4n) is 0. The fourth-order valence-corrected chi connectivity index (χ4v) is 0. The van der Waals surface area contributed by atoms with Gasteiger partial charge in [-0.15, -0.1) is 5.28 Å². The minimum atomic E-state index is 0. The van der Waals surface area contributed by atoms with Gasteiger partial charge in [0.05, 0.1) is 0 Å². The van der Waals surface area contributed by atoms with Gasteiger partial charge in [-0.25, -0.2) is 0 Å². The first-order valence-electron chi connectivity index (χ1n) is 1.62. The lowest BCUT2D eigenvalue weighted by Crippen LogP contribution is -1.55. The van der Waals surface area contributed by atoms with E-state index in [-0.39, 0.29) is 11.0 Å². The summed E-state index contributed by atoms with van der Waals surface area (Å²) in [5.41, 5.74) is 0. The average Bonchev–Trinajstić information content (AvgIpc) is 1.37. The molecule has 0 aromatic heterocycles. The lowest BCUT2D eigenvalue weighted by atomic mass is 10.6. The maximum Gasteiger partial charge on any atom is 0.118 e.